The van der Waals surface area contributed by atoms with Gasteiger partial charge in [-0.1, -0.05) is 0 Å². The van der Waals surface area contributed by atoms with Crippen LogP contribution in [-0.4, -0.2) is 54.4 Å². The lowest BCUT2D eigenvalue weighted by atomic mass is 10.2. The van der Waals surface area contributed by atoms with Gasteiger partial charge in [0, 0.05) is 32.2 Å². The van der Waals surface area contributed by atoms with Crippen LogP contribution in [0.2, 0.25) is 0 Å². The molecule has 20 heavy (non-hydrogen) atoms. The molecule has 116 valence electrons. The summed E-state index contributed by atoms with van der Waals surface area (Å²) in [5.74, 6) is -0.100. The van der Waals surface area contributed by atoms with Crippen LogP contribution in [0.5, 0.6) is 0 Å². The number of hydrogen-bond donors (Lipinski definition) is 2. The van der Waals surface area contributed by atoms with Crippen LogP contribution >= 0.6 is 0 Å². The Morgan fingerprint density at radius 2 is 2.10 bits per heavy atom. The summed E-state index contributed by atoms with van der Waals surface area (Å²) in [6.45, 7) is 6.12. The fraction of sp³-hybridized carbons (Fsp3) is 0.857. The fourth-order valence-corrected chi connectivity index (χ4v) is 1.86. The molecule has 0 aliphatic heterocycles. The molecule has 1 aliphatic carbocycles. The van der Waals surface area contributed by atoms with Gasteiger partial charge >= 0.3 is 12.0 Å². The van der Waals surface area contributed by atoms with Crippen molar-refractivity contribution < 1.29 is 19.4 Å². The van der Waals surface area contributed by atoms with Crippen LogP contribution in [0, 0.1) is 5.92 Å². The largest absolute Gasteiger partial charge is 0.481 e. The molecule has 0 unspecified atom stereocenters. The van der Waals surface area contributed by atoms with Crippen molar-refractivity contribution in [2.45, 2.75) is 45.6 Å². The second-order valence-electron chi connectivity index (χ2n) is 5.53. The summed E-state index contributed by atoms with van der Waals surface area (Å²) in [7, 11) is 0. The van der Waals surface area contributed by atoms with E-state index in [0.29, 0.717) is 26.1 Å². The highest BCUT2D eigenvalue weighted by molar-refractivity contribution is 5.74. The number of nitrogens with zero attached hydrogens (tertiary/aromatic N) is 1. The average Bonchev–Trinajstić information content (AvgIpc) is 3.17. The Labute approximate surface area is 120 Å². The van der Waals surface area contributed by atoms with Gasteiger partial charge in [-0.2, -0.15) is 0 Å². The third-order valence-corrected chi connectivity index (χ3v) is 3.25. The van der Waals surface area contributed by atoms with Gasteiger partial charge < -0.3 is 20.1 Å². The standard InChI is InChI=1S/C14H26N2O4/c1-11(2)16(8-3-4-13(17)18)14(19)15-7-9-20-10-12-5-6-12/h11-12H,3-10H2,1-2H3,(H,15,19)(H,17,18). The van der Waals surface area contributed by atoms with Gasteiger partial charge in [-0.3, -0.25) is 4.79 Å². The lowest BCUT2D eigenvalue weighted by Crippen LogP contribution is -2.45. The van der Waals surface area contributed by atoms with Crippen molar-refractivity contribution in [1.29, 1.82) is 0 Å². The summed E-state index contributed by atoms with van der Waals surface area (Å²) in [6, 6.07) is -0.100. The molecule has 2 N–H and O–H groups in total. The molecule has 0 saturated heterocycles. The fourth-order valence-electron chi connectivity index (χ4n) is 1.86. The molecule has 0 bridgehead atoms. The van der Waals surface area contributed by atoms with Gasteiger partial charge in [-0.25, -0.2) is 4.79 Å². The Morgan fingerprint density at radius 1 is 1.40 bits per heavy atom. The molecular weight excluding hydrogens is 260 g/mol. The molecule has 1 rings (SSSR count). The first kappa shape index (κ1) is 16.8. The van der Waals surface area contributed by atoms with Crippen LogP contribution in [0.4, 0.5) is 4.79 Å². The molecule has 2 amide bonds. The molecule has 0 radical (unpaired) electrons. The molecule has 6 heteroatoms. The van der Waals surface area contributed by atoms with E-state index in [0.717, 1.165) is 12.5 Å². The number of aliphatic carboxylic acids is 1. The Morgan fingerprint density at radius 3 is 2.65 bits per heavy atom. The number of rotatable bonds is 10. The van der Waals surface area contributed by atoms with Crippen LogP contribution in [0.15, 0.2) is 0 Å². The van der Waals surface area contributed by atoms with E-state index in [1.54, 1.807) is 4.90 Å². The highest BCUT2D eigenvalue weighted by atomic mass is 16.5. The molecule has 0 aromatic heterocycles. The van der Waals surface area contributed by atoms with Gasteiger partial charge in [0.25, 0.3) is 0 Å². The number of amides is 2. The number of ether oxygens (including phenoxy) is 1. The second kappa shape index (κ2) is 8.79. The van der Waals surface area contributed by atoms with Gasteiger partial charge in [0.2, 0.25) is 0 Å². The molecule has 1 fully saturated rings. The molecule has 0 spiro atoms. The van der Waals surface area contributed by atoms with Crippen LogP contribution < -0.4 is 5.32 Å². The highest BCUT2D eigenvalue weighted by Gasteiger charge is 2.21. The van der Waals surface area contributed by atoms with Gasteiger partial charge in [-0.05, 0) is 39.0 Å². The van der Waals surface area contributed by atoms with Crippen LogP contribution in [0.3, 0.4) is 0 Å². The minimum absolute atomic E-state index is 0.0520. The van der Waals surface area contributed by atoms with Crippen molar-refractivity contribution in [3.05, 3.63) is 0 Å². The zero-order valence-corrected chi connectivity index (χ0v) is 12.4. The first-order chi connectivity index (χ1) is 9.50. The minimum Gasteiger partial charge on any atom is -0.481 e. The molecule has 0 heterocycles. The molecule has 6 nitrogen and oxygen atoms in total. The molecule has 0 aromatic rings. The van der Waals surface area contributed by atoms with Crippen molar-refractivity contribution in [3.8, 4) is 0 Å². The molecule has 0 atom stereocenters. The second-order valence-corrected chi connectivity index (χ2v) is 5.53. The number of carbonyl (C=O) groups excluding carboxylic acids is 1. The van der Waals surface area contributed by atoms with E-state index in [4.69, 9.17) is 9.84 Å². The summed E-state index contributed by atoms with van der Waals surface area (Å²) in [5.41, 5.74) is 0. The Kier molecular flexibility index (Phi) is 7.36. The smallest absolute Gasteiger partial charge is 0.317 e. The van der Waals surface area contributed by atoms with Gasteiger partial charge in [0.05, 0.1) is 6.61 Å². The zero-order valence-electron chi connectivity index (χ0n) is 12.4. The summed E-state index contributed by atoms with van der Waals surface area (Å²) in [5, 5.41) is 11.4. The monoisotopic (exact) mass is 286 g/mol. The maximum absolute atomic E-state index is 12.0. The van der Waals surface area contributed by atoms with Gasteiger partial charge in [0.1, 0.15) is 0 Å². The van der Waals surface area contributed by atoms with Crippen molar-refractivity contribution in [2.24, 2.45) is 5.92 Å². The quantitative estimate of drug-likeness (QED) is 0.599. The average molecular weight is 286 g/mol. The van der Waals surface area contributed by atoms with E-state index in [1.807, 2.05) is 13.8 Å². The van der Waals surface area contributed by atoms with Crippen molar-refractivity contribution in [1.82, 2.24) is 10.2 Å². The summed E-state index contributed by atoms with van der Waals surface area (Å²) in [4.78, 5) is 24.1. The van der Waals surface area contributed by atoms with Crippen molar-refractivity contribution >= 4 is 12.0 Å². The lowest BCUT2D eigenvalue weighted by molar-refractivity contribution is -0.137. The van der Waals surface area contributed by atoms with Crippen molar-refractivity contribution in [3.63, 3.8) is 0 Å². The van der Waals surface area contributed by atoms with E-state index >= 15 is 0 Å². The normalized spacial score (nSPS) is 14.3. The predicted octanol–water partition coefficient (Wildman–Crippen LogP) is 1.70. The summed E-state index contributed by atoms with van der Waals surface area (Å²) >= 11 is 0. The summed E-state index contributed by atoms with van der Waals surface area (Å²) < 4.78 is 5.45. The van der Waals surface area contributed by atoms with Crippen LogP contribution in [0.25, 0.3) is 0 Å². The van der Waals surface area contributed by atoms with Crippen LogP contribution in [-0.2, 0) is 9.53 Å². The number of carboxylic acids is 1. The van der Waals surface area contributed by atoms with Gasteiger partial charge in [-0.15, -0.1) is 0 Å². The molecule has 1 aliphatic rings. The van der Waals surface area contributed by atoms with E-state index < -0.39 is 5.97 Å². The third kappa shape index (κ3) is 7.33. The van der Waals surface area contributed by atoms with E-state index in [9.17, 15) is 9.59 Å². The van der Waals surface area contributed by atoms with Crippen LogP contribution in [0.1, 0.15) is 39.5 Å². The molecule has 1 saturated carbocycles. The van der Waals surface area contributed by atoms with Gasteiger partial charge in [0.15, 0.2) is 0 Å². The third-order valence-electron chi connectivity index (χ3n) is 3.25. The highest BCUT2D eigenvalue weighted by Crippen LogP contribution is 2.28. The minimum atomic E-state index is -0.831. The number of urea groups is 1. The first-order valence-corrected chi connectivity index (χ1v) is 7.34. The number of carboxylic acid groups (broad SMARTS) is 1. The lowest BCUT2D eigenvalue weighted by Gasteiger charge is -2.26. The maximum Gasteiger partial charge on any atom is 0.317 e. The number of nitrogens with one attached hydrogen (secondary N) is 1. The summed E-state index contributed by atoms with van der Waals surface area (Å²) in [6.07, 6.45) is 3.08. The van der Waals surface area contributed by atoms with E-state index in [-0.39, 0.29) is 18.5 Å². The topological polar surface area (TPSA) is 78.9 Å². The van der Waals surface area contributed by atoms with Crippen molar-refractivity contribution in [2.75, 3.05) is 26.3 Å². The van der Waals surface area contributed by atoms with E-state index in [1.165, 1.54) is 12.8 Å². The Hall–Kier alpha value is -1.30. The first-order valence-electron chi connectivity index (χ1n) is 7.34. The molecule has 0 aromatic carbocycles. The number of carbonyl (C=O) groups is 2. The van der Waals surface area contributed by atoms with E-state index in [2.05, 4.69) is 5.32 Å². The molecular formula is C14H26N2O4. The number of hydrogen-bond acceptors (Lipinski definition) is 3. The SMILES string of the molecule is CC(C)N(CCCC(=O)O)C(=O)NCCOCC1CC1. The maximum atomic E-state index is 12.0. The Balaban J connectivity index is 2.15. The Bertz CT molecular complexity index is 316. The predicted molar refractivity (Wildman–Crippen MR) is 75.7 cm³/mol. The zero-order chi connectivity index (χ0) is 15.0.